The zero-order valence-electron chi connectivity index (χ0n) is 4.39. The Morgan fingerprint density at radius 2 is 2.67 bits per heavy atom. The highest BCUT2D eigenvalue weighted by molar-refractivity contribution is 7.82. The van der Waals surface area contributed by atoms with E-state index in [-0.39, 0.29) is 0 Å². The van der Waals surface area contributed by atoms with Crippen LogP contribution in [0.2, 0.25) is 0 Å². The highest BCUT2D eigenvalue weighted by Crippen LogP contribution is 2.10. The Balaban J connectivity index is 2.76. The van der Waals surface area contributed by atoms with Crippen molar-refractivity contribution in [2.75, 3.05) is 4.31 Å². The fourth-order valence-corrected chi connectivity index (χ4v) is 0.482. The van der Waals surface area contributed by atoms with E-state index in [1.807, 2.05) is 0 Å². The van der Waals surface area contributed by atoms with Gasteiger partial charge in [-0.05, 0) is 0 Å². The van der Waals surface area contributed by atoms with Crippen LogP contribution in [0.3, 0.4) is 0 Å². The van der Waals surface area contributed by atoms with E-state index in [2.05, 4.69) is 22.5 Å². The first-order chi connectivity index (χ1) is 4.34. The van der Waals surface area contributed by atoms with Gasteiger partial charge in [0, 0.05) is 6.07 Å². The molecule has 1 aromatic rings. The van der Waals surface area contributed by atoms with Crippen molar-refractivity contribution in [2.45, 2.75) is 0 Å². The Hall–Kier alpha value is -0.970. The third kappa shape index (κ3) is 1.23. The molecule has 48 valence electrons. The van der Waals surface area contributed by atoms with E-state index in [9.17, 15) is 4.79 Å². The van der Waals surface area contributed by atoms with Crippen LogP contribution in [0, 0.1) is 0 Å². The lowest BCUT2D eigenvalue weighted by Crippen LogP contribution is -2.04. The fraction of sp³-hybridized carbons (Fsp3) is 0. The van der Waals surface area contributed by atoms with Gasteiger partial charge in [-0.15, -0.1) is 0 Å². The quantitative estimate of drug-likeness (QED) is 0.485. The van der Waals surface area contributed by atoms with Crippen LogP contribution in [0.15, 0.2) is 16.8 Å². The molecule has 0 atom stereocenters. The number of anilines is 1. The molecule has 1 aromatic heterocycles. The van der Waals surface area contributed by atoms with Crippen molar-refractivity contribution in [3.8, 4) is 0 Å². The summed E-state index contributed by atoms with van der Waals surface area (Å²) in [5.41, 5.74) is 0. The second kappa shape index (κ2) is 2.54. The third-order valence-electron chi connectivity index (χ3n) is 0.750. The summed E-state index contributed by atoms with van der Waals surface area (Å²) in [5.74, 6) is 0.313. The maximum absolute atomic E-state index is 9.96. The second-order valence-electron chi connectivity index (χ2n) is 1.30. The molecule has 0 aliphatic rings. The summed E-state index contributed by atoms with van der Waals surface area (Å²) in [6, 6.07) is 1.53. The monoisotopic (exact) mass is 144 g/mol. The second-order valence-corrected chi connectivity index (χ2v) is 1.73. The zero-order chi connectivity index (χ0) is 6.69. The number of carbonyl (C=O) groups is 1. The molecule has 0 bridgehead atoms. The number of thiol groups is 1. The molecule has 1 amide bonds. The lowest BCUT2D eigenvalue weighted by molar-refractivity contribution is -0.106. The molecule has 0 aliphatic carbocycles. The van der Waals surface area contributed by atoms with E-state index in [1.165, 1.54) is 12.3 Å². The van der Waals surface area contributed by atoms with Crippen molar-refractivity contribution in [1.82, 2.24) is 5.16 Å². The molecular weight excluding hydrogens is 140 g/mol. The van der Waals surface area contributed by atoms with E-state index in [4.69, 9.17) is 0 Å². The van der Waals surface area contributed by atoms with Crippen LogP contribution in [0.5, 0.6) is 0 Å². The molecule has 0 spiro atoms. The van der Waals surface area contributed by atoms with E-state index >= 15 is 0 Å². The van der Waals surface area contributed by atoms with Gasteiger partial charge in [-0.3, -0.25) is 4.79 Å². The molecule has 0 N–H and O–H groups in total. The molecule has 0 saturated heterocycles. The molecule has 9 heavy (non-hydrogen) atoms. The zero-order valence-corrected chi connectivity index (χ0v) is 5.28. The fourth-order valence-electron chi connectivity index (χ4n) is 0.379. The van der Waals surface area contributed by atoms with Gasteiger partial charge in [0.1, 0.15) is 0 Å². The summed E-state index contributed by atoms with van der Waals surface area (Å²) in [5, 5.41) is 3.37. The summed E-state index contributed by atoms with van der Waals surface area (Å²) in [4.78, 5) is 9.96. The van der Waals surface area contributed by atoms with Crippen LogP contribution in [0.4, 0.5) is 5.88 Å². The molecule has 0 fully saturated rings. The summed E-state index contributed by atoms with van der Waals surface area (Å²) < 4.78 is 5.55. The van der Waals surface area contributed by atoms with Gasteiger partial charge in [-0.25, -0.2) is 4.31 Å². The van der Waals surface area contributed by atoms with Gasteiger partial charge in [-0.2, -0.15) is 0 Å². The molecule has 0 unspecified atom stereocenters. The Bertz CT molecular complexity index is 186. The number of hydrogen-bond acceptors (Lipinski definition) is 4. The van der Waals surface area contributed by atoms with E-state index in [0.29, 0.717) is 12.3 Å². The van der Waals surface area contributed by atoms with Crippen molar-refractivity contribution in [2.24, 2.45) is 0 Å². The number of rotatable bonds is 2. The Morgan fingerprint density at radius 3 is 3.11 bits per heavy atom. The topological polar surface area (TPSA) is 46.3 Å². The molecule has 4 nitrogen and oxygen atoms in total. The molecule has 0 saturated carbocycles. The minimum Gasteiger partial charge on any atom is -0.337 e. The van der Waals surface area contributed by atoms with Gasteiger partial charge in [0.05, 0.1) is 6.20 Å². The number of aromatic nitrogens is 1. The highest BCUT2D eigenvalue weighted by atomic mass is 32.1. The average Bonchev–Trinajstić information content (AvgIpc) is 2.37. The number of nitrogens with zero attached hydrogens (tertiary/aromatic N) is 2. The Kier molecular flexibility index (Phi) is 1.74. The SMILES string of the molecule is O=CN(S)c1ccno1. The predicted molar refractivity (Wildman–Crippen MR) is 34.0 cm³/mol. The van der Waals surface area contributed by atoms with Crippen LogP contribution in [0.1, 0.15) is 0 Å². The van der Waals surface area contributed by atoms with E-state index in [0.717, 1.165) is 4.31 Å². The first-order valence-corrected chi connectivity index (χ1v) is 2.58. The smallest absolute Gasteiger partial charge is 0.243 e. The number of hydrogen-bond donors (Lipinski definition) is 1. The predicted octanol–water partition coefficient (Wildman–Crippen LogP) is 0.482. The molecule has 1 rings (SSSR count). The molecule has 5 heteroatoms. The first kappa shape index (κ1) is 6.15. The van der Waals surface area contributed by atoms with Crippen molar-refractivity contribution >= 4 is 25.1 Å². The van der Waals surface area contributed by atoms with Crippen molar-refractivity contribution < 1.29 is 9.32 Å². The normalized spacial score (nSPS) is 9.00. The number of carbonyl (C=O) groups excluding carboxylic acids is 1. The minimum absolute atomic E-state index is 0.313. The van der Waals surface area contributed by atoms with Gasteiger partial charge in [0.25, 0.3) is 0 Å². The lowest BCUT2D eigenvalue weighted by atomic mass is 10.7. The Morgan fingerprint density at radius 1 is 1.89 bits per heavy atom. The standard InChI is InChI=1S/C4H4N2O2S/c7-3-6(9)4-1-2-5-8-4/h1-3,9H. The molecular formula is C4H4N2O2S. The van der Waals surface area contributed by atoms with Crippen molar-refractivity contribution in [3.05, 3.63) is 12.3 Å². The summed E-state index contributed by atoms with van der Waals surface area (Å²) in [6.07, 6.45) is 1.95. The van der Waals surface area contributed by atoms with E-state index in [1.54, 1.807) is 0 Å². The molecule has 1 heterocycles. The molecule has 0 aliphatic heterocycles. The van der Waals surface area contributed by atoms with Crippen LogP contribution in [0.25, 0.3) is 0 Å². The van der Waals surface area contributed by atoms with Crippen molar-refractivity contribution in [3.63, 3.8) is 0 Å². The average molecular weight is 144 g/mol. The van der Waals surface area contributed by atoms with Crippen LogP contribution < -0.4 is 4.31 Å². The highest BCUT2D eigenvalue weighted by Gasteiger charge is 2.00. The summed E-state index contributed by atoms with van der Waals surface area (Å²) in [7, 11) is 0. The largest absolute Gasteiger partial charge is 0.337 e. The lowest BCUT2D eigenvalue weighted by Gasteiger charge is -1.99. The van der Waals surface area contributed by atoms with Gasteiger partial charge in [0.2, 0.25) is 12.3 Å². The summed E-state index contributed by atoms with van der Waals surface area (Å²) in [6.45, 7) is 0. The maximum Gasteiger partial charge on any atom is 0.243 e. The molecule has 0 radical (unpaired) electrons. The van der Waals surface area contributed by atoms with Crippen molar-refractivity contribution in [1.29, 1.82) is 0 Å². The van der Waals surface area contributed by atoms with Crippen LogP contribution in [-0.4, -0.2) is 11.6 Å². The van der Waals surface area contributed by atoms with Gasteiger partial charge in [-0.1, -0.05) is 18.0 Å². The third-order valence-corrected chi connectivity index (χ3v) is 1.04. The van der Waals surface area contributed by atoms with Crippen LogP contribution in [-0.2, 0) is 4.79 Å². The van der Waals surface area contributed by atoms with Crippen LogP contribution >= 0.6 is 12.8 Å². The number of amides is 1. The van der Waals surface area contributed by atoms with Gasteiger partial charge in [0.15, 0.2) is 0 Å². The van der Waals surface area contributed by atoms with Gasteiger partial charge >= 0.3 is 0 Å². The molecule has 0 aromatic carbocycles. The van der Waals surface area contributed by atoms with E-state index < -0.39 is 0 Å². The summed E-state index contributed by atoms with van der Waals surface area (Å²) >= 11 is 3.72. The maximum atomic E-state index is 9.96. The first-order valence-electron chi connectivity index (χ1n) is 2.18. The van der Waals surface area contributed by atoms with Gasteiger partial charge < -0.3 is 4.52 Å². The minimum atomic E-state index is 0.313. The Labute approximate surface area is 57.0 Å².